The van der Waals surface area contributed by atoms with E-state index in [1.165, 1.54) is 12.2 Å². The Bertz CT molecular complexity index is 157. The van der Waals surface area contributed by atoms with Gasteiger partial charge in [-0.05, 0) is 0 Å². The maximum absolute atomic E-state index is 10.2. The summed E-state index contributed by atoms with van der Waals surface area (Å²) in [5.74, 6) is -1.04. The first kappa shape index (κ1) is 5.03. The third kappa shape index (κ3) is 0.932. The summed E-state index contributed by atoms with van der Waals surface area (Å²) in [5.41, 5.74) is 0. The van der Waals surface area contributed by atoms with Crippen molar-refractivity contribution in [1.29, 1.82) is 0 Å². The van der Waals surface area contributed by atoms with E-state index in [4.69, 9.17) is 0 Å². The predicted octanol–water partition coefficient (Wildman–Crippen LogP) is 0.0161. The van der Waals surface area contributed by atoms with Crippen molar-refractivity contribution in [2.75, 3.05) is 0 Å². The number of rotatable bonds is 0. The van der Waals surface area contributed by atoms with Crippen LogP contribution in [0.5, 0.6) is 0 Å². The van der Waals surface area contributed by atoms with Crippen molar-refractivity contribution < 1.29 is 14.3 Å². The van der Waals surface area contributed by atoms with Crippen molar-refractivity contribution in [3.63, 3.8) is 0 Å². The van der Waals surface area contributed by atoms with E-state index in [2.05, 4.69) is 4.74 Å². The van der Waals surface area contributed by atoms with E-state index in [0.717, 1.165) is 0 Å². The molecule has 3 heteroatoms. The fraction of sp³-hybridized carbons (Fsp3) is 0.200. The lowest BCUT2D eigenvalue weighted by Crippen LogP contribution is -2.12. The van der Waals surface area contributed by atoms with Crippen LogP contribution in [0.25, 0.3) is 0 Å². The Kier molecular flexibility index (Phi) is 1.12. The molecule has 0 saturated carbocycles. The molecule has 0 aromatic rings. The fourth-order valence-corrected chi connectivity index (χ4v) is 0.439. The second-order valence-corrected chi connectivity index (χ2v) is 1.40. The van der Waals surface area contributed by atoms with Crippen LogP contribution in [-0.2, 0) is 14.3 Å². The maximum atomic E-state index is 10.2. The largest absolute Gasteiger partial charge is 0.390 e. The summed E-state index contributed by atoms with van der Waals surface area (Å²) in [6.07, 6.45) is 2.93. The van der Waals surface area contributed by atoms with Gasteiger partial charge in [0.25, 0.3) is 0 Å². The molecule has 1 aliphatic heterocycles. The Balaban J connectivity index is 2.68. The van der Waals surface area contributed by atoms with Gasteiger partial charge >= 0.3 is 11.9 Å². The summed E-state index contributed by atoms with van der Waals surface area (Å²) in [6, 6.07) is 0. The standard InChI is InChI=1S/C5H4O3/c6-4-2-1-3-5(7)8-4/h1-2H,3H2. The first-order chi connectivity index (χ1) is 3.79. The molecular weight excluding hydrogens is 108 g/mol. The molecule has 0 fully saturated rings. The highest BCUT2D eigenvalue weighted by Crippen LogP contribution is 1.96. The van der Waals surface area contributed by atoms with Gasteiger partial charge in [-0.25, -0.2) is 4.79 Å². The monoisotopic (exact) mass is 112 g/mol. The van der Waals surface area contributed by atoms with Crippen molar-refractivity contribution in [3.05, 3.63) is 12.2 Å². The number of esters is 2. The van der Waals surface area contributed by atoms with E-state index in [9.17, 15) is 9.59 Å². The van der Waals surface area contributed by atoms with Crippen molar-refractivity contribution in [2.24, 2.45) is 0 Å². The Labute approximate surface area is 45.9 Å². The molecule has 0 unspecified atom stereocenters. The highest BCUT2D eigenvalue weighted by molar-refractivity contribution is 5.95. The molecule has 1 heterocycles. The predicted molar refractivity (Wildman–Crippen MR) is 24.9 cm³/mol. The van der Waals surface area contributed by atoms with Crippen molar-refractivity contribution in [2.45, 2.75) is 6.42 Å². The summed E-state index contributed by atoms with van der Waals surface area (Å²) >= 11 is 0. The molecule has 0 saturated heterocycles. The average molecular weight is 112 g/mol. The van der Waals surface area contributed by atoms with Crippen LogP contribution < -0.4 is 0 Å². The third-order valence-corrected chi connectivity index (χ3v) is 0.753. The fourth-order valence-electron chi connectivity index (χ4n) is 0.439. The molecule has 0 radical (unpaired) electrons. The lowest BCUT2D eigenvalue weighted by molar-refractivity contribution is -0.156. The minimum absolute atomic E-state index is 0.214. The van der Waals surface area contributed by atoms with E-state index in [-0.39, 0.29) is 6.42 Å². The second kappa shape index (κ2) is 1.78. The van der Waals surface area contributed by atoms with E-state index in [1.54, 1.807) is 0 Å². The number of cyclic esters (lactones) is 2. The Morgan fingerprint density at radius 3 is 2.62 bits per heavy atom. The first-order valence-corrected chi connectivity index (χ1v) is 2.20. The van der Waals surface area contributed by atoms with Gasteiger partial charge in [-0.15, -0.1) is 0 Å². The van der Waals surface area contributed by atoms with Gasteiger partial charge in [0.05, 0.1) is 6.42 Å². The Morgan fingerprint density at radius 2 is 2.25 bits per heavy atom. The summed E-state index contributed by atoms with van der Waals surface area (Å²) in [5, 5.41) is 0. The van der Waals surface area contributed by atoms with Crippen molar-refractivity contribution in [1.82, 2.24) is 0 Å². The van der Waals surface area contributed by atoms with Crippen LogP contribution in [0.2, 0.25) is 0 Å². The van der Waals surface area contributed by atoms with E-state index < -0.39 is 11.9 Å². The zero-order valence-corrected chi connectivity index (χ0v) is 4.09. The normalized spacial score (nSPS) is 18.5. The summed E-state index contributed by atoms with van der Waals surface area (Å²) in [4.78, 5) is 20.3. The molecule has 0 aromatic heterocycles. The zero-order valence-electron chi connectivity index (χ0n) is 4.09. The highest BCUT2D eigenvalue weighted by atomic mass is 16.6. The summed E-state index contributed by atoms with van der Waals surface area (Å²) in [7, 11) is 0. The van der Waals surface area contributed by atoms with Gasteiger partial charge in [0.2, 0.25) is 0 Å². The lowest BCUT2D eigenvalue weighted by Gasteiger charge is -1.99. The Hall–Kier alpha value is -1.12. The molecule has 0 aromatic carbocycles. The minimum Gasteiger partial charge on any atom is -0.390 e. The van der Waals surface area contributed by atoms with Crippen LogP contribution >= 0.6 is 0 Å². The minimum atomic E-state index is -0.568. The van der Waals surface area contributed by atoms with Crippen LogP contribution in [0.15, 0.2) is 12.2 Å². The van der Waals surface area contributed by atoms with Crippen LogP contribution in [0, 0.1) is 0 Å². The topological polar surface area (TPSA) is 43.4 Å². The molecule has 0 N–H and O–H groups in total. The van der Waals surface area contributed by atoms with Crippen LogP contribution in [-0.4, -0.2) is 11.9 Å². The average Bonchev–Trinajstić information content (AvgIpc) is 1.64. The van der Waals surface area contributed by atoms with Gasteiger partial charge in [-0.3, -0.25) is 4.79 Å². The molecule has 1 rings (SSSR count). The van der Waals surface area contributed by atoms with Crippen LogP contribution in [0.1, 0.15) is 6.42 Å². The quantitative estimate of drug-likeness (QED) is 0.327. The van der Waals surface area contributed by atoms with Gasteiger partial charge in [0.1, 0.15) is 0 Å². The van der Waals surface area contributed by atoms with E-state index in [0.29, 0.717) is 0 Å². The molecule has 8 heavy (non-hydrogen) atoms. The summed E-state index contributed by atoms with van der Waals surface area (Å²) < 4.78 is 4.12. The van der Waals surface area contributed by atoms with Gasteiger partial charge < -0.3 is 4.74 Å². The lowest BCUT2D eigenvalue weighted by atomic mass is 10.3. The molecular formula is C5H4O3. The summed E-state index contributed by atoms with van der Waals surface area (Å²) in [6.45, 7) is 0. The third-order valence-electron chi connectivity index (χ3n) is 0.753. The van der Waals surface area contributed by atoms with Gasteiger partial charge in [-0.2, -0.15) is 0 Å². The van der Waals surface area contributed by atoms with Crippen molar-refractivity contribution >= 4 is 11.9 Å². The number of carbonyl (C=O) groups is 2. The van der Waals surface area contributed by atoms with Crippen molar-refractivity contribution in [3.8, 4) is 0 Å². The molecule has 1 aliphatic rings. The molecule has 0 bridgehead atoms. The van der Waals surface area contributed by atoms with Gasteiger partial charge in [0, 0.05) is 6.08 Å². The van der Waals surface area contributed by atoms with Crippen LogP contribution in [0.4, 0.5) is 0 Å². The van der Waals surface area contributed by atoms with E-state index in [1.807, 2.05) is 0 Å². The SMILES string of the molecule is O=C1C=CCC(=O)O1. The smallest absolute Gasteiger partial charge is 0.338 e. The molecule has 3 nitrogen and oxygen atoms in total. The number of hydrogen-bond acceptors (Lipinski definition) is 3. The number of carbonyl (C=O) groups excluding carboxylic acids is 2. The number of ether oxygens (including phenoxy) is 1. The number of hydrogen-bond donors (Lipinski definition) is 0. The molecule has 42 valence electrons. The molecule has 0 atom stereocenters. The highest BCUT2D eigenvalue weighted by Gasteiger charge is 2.09. The molecule has 0 amide bonds. The Morgan fingerprint density at radius 1 is 1.50 bits per heavy atom. The van der Waals surface area contributed by atoms with Crippen LogP contribution in [0.3, 0.4) is 0 Å². The first-order valence-electron chi connectivity index (χ1n) is 2.20. The molecule has 0 spiro atoms. The maximum Gasteiger partial charge on any atom is 0.338 e. The van der Waals surface area contributed by atoms with E-state index >= 15 is 0 Å². The van der Waals surface area contributed by atoms with Gasteiger partial charge in [0.15, 0.2) is 0 Å². The molecule has 0 aliphatic carbocycles. The van der Waals surface area contributed by atoms with Gasteiger partial charge in [-0.1, -0.05) is 6.08 Å². The second-order valence-electron chi connectivity index (χ2n) is 1.40. The zero-order chi connectivity index (χ0) is 5.98.